The molecule has 1 saturated heterocycles. The van der Waals surface area contributed by atoms with Crippen molar-refractivity contribution in [2.75, 3.05) is 25.0 Å². The van der Waals surface area contributed by atoms with Crippen molar-refractivity contribution in [2.45, 2.75) is 25.5 Å². The van der Waals surface area contributed by atoms with E-state index >= 15 is 0 Å². The Hall–Kier alpha value is -3.87. The van der Waals surface area contributed by atoms with Gasteiger partial charge < -0.3 is 20.4 Å². The predicted molar refractivity (Wildman–Crippen MR) is 131 cm³/mol. The normalized spacial score (nSPS) is 16.9. The predicted octanol–water partition coefficient (Wildman–Crippen LogP) is 3.70. The summed E-state index contributed by atoms with van der Waals surface area (Å²) in [5.74, 6) is 1.63. The maximum Gasteiger partial charge on any atom is 0.258 e. The first kappa shape index (κ1) is 21.0. The van der Waals surface area contributed by atoms with Crippen LogP contribution >= 0.6 is 0 Å². The monoisotopic (exact) mass is 441 g/mol. The van der Waals surface area contributed by atoms with Gasteiger partial charge in [-0.1, -0.05) is 30.3 Å². The molecule has 2 aliphatic heterocycles. The number of nitrogens with one attached hydrogen (secondary N) is 2. The molecule has 3 aromatic rings. The molecule has 0 aliphatic carbocycles. The zero-order chi connectivity index (χ0) is 22.6. The Kier molecular flexibility index (Phi) is 5.93. The van der Waals surface area contributed by atoms with Crippen LogP contribution in [-0.4, -0.2) is 47.2 Å². The molecule has 0 saturated carbocycles. The molecule has 5 rings (SSSR count). The number of hydrogen-bond donors (Lipinski definition) is 2. The van der Waals surface area contributed by atoms with E-state index < -0.39 is 0 Å². The topological polar surface area (TPSA) is 82.7 Å². The van der Waals surface area contributed by atoms with Crippen molar-refractivity contribution in [3.8, 4) is 11.4 Å². The molecule has 168 valence electrons. The molecule has 1 fully saturated rings. The fourth-order valence-corrected chi connectivity index (χ4v) is 4.48. The summed E-state index contributed by atoms with van der Waals surface area (Å²) in [5, 5.41) is 11.3. The summed E-state index contributed by atoms with van der Waals surface area (Å²) in [6.07, 6.45) is 5.47. The maximum absolute atomic E-state index is 12.7. The van der Waals surface area contributed by atoms with Crippen molar-refractivity contribution in [3.05, 3.63) is 88.3 Å². The van der Waals surface area contributed by atoms with E-state index in [1.165, 1.54) is 25.1 Å². The Morgan fingerprint density at radius 1 is 1.15 bits per heavy atom. The molecule has 2 N–H and O–H groups in total. The van der Waals surface area contributed by atoms with Crippen LogP contribution < -0.4 is 15.6 Å². The zero-order valence-electron chi connectivity index (χ0n) is 18.4. The minimum Gasteiger partial charge on any atom is -0.489 e. The van der Waals surface area contributed by atoms with Crippen LogP contribution in [0, 0.1) is 5.41 Å². The summed E-state index contributed by atoms with van der Waals surface area (Å²) in [4.78, 5) is 19.8. The van der Waals surface area contributed by atoms with Crippen molar-refractivity contribution in [3.63, 3.8) is 0 Å². The number of pyridine rings is 1. The van der Waals surface area contributed by atoms with Crippen molar-refractivity contribution >= 4 is 17.7 Å². The Labute approximate surface area is 192 Å². The van der Waals surface area contributed by atoms with E-state index in [0.29, 0.717) is 30.6 Å². The number of nitrogens with zero attached hydrogens (tertiary/aromatic N) is 3. The number of fused-ring (bicyclic) bond motifs is 1. The van der Waals surface area contributed by atoms with Crippen LogP contribution in [0.25, 0.3) is 5.69 Å². The minimum absolute atomic E-state index is 0.183. The van der Waals surface area contributed by atoms with Gasteiger partial charge in [-0.15, -0.1) is 0 Å². The van der Waals surface area contributed by atoms with E-state index in [1.807, 2.05) is 48.5 Å². The zero-order valence-corrected chi connectivity index (χ0v) is 18.4. The quantitative estimate of drug-likeness (QED) is 0.522. The van der Waals surface area contributed by atoms with Crippen molar-refractivity contribution in [1.82, 2.24) is 9.47 Å². The summed E-state index contributed by atoms with van der Waals surface area (Å²) >= 11 is 0. The number of anilines is 1. The summed E-state index contributed by atoms with van der Waals surface area (Å²) in [5.41, 5.74) is 3.15. The average Bonchev–Trinajstić information content (AvgIpc) is 3.47. The molecule has 0 spiro atoms. The van der Waals surface area contributed by atoms with Crippen molar-refractivity contribution in [1.29, 1.82) is 5.41 Å². The van der Waals surface area contributed by atoms with Gasteiger partial charge in [0.05, 0.1) is 13.1 Å². The third-order valence-corrected chi connectivity index (χ3v) is 6.24. The lowest BCUT2D eigenvalue weighted by Gasteiger charge is -2.21. The molecule has 2 aliphatic rings. The lowest BCUT2D eigenvalue weighted by Crippen LogP contribution is -2.34. The first-order valence-electron chi connectivity index (χ1n) is 11.3. The Morgan fingerprint density at radius 3 is 2.85 bits per heavy atom. The first-order chi connectivity index (χ1) is 16.2. The van der Waals surface area contributed by atoms with Crippen LogP contribution in [0.5, 0.6) is 5.75 Å². The van der Waals surface area contributed by atoms with Crippen LogP contribution in [0.3, 0.4) is 0 Å². The summed E-state index contributed by atoms with van der Waals surface area (Å²) in [6, 6.07) is 19.3. The number of aliphatic imine (C=N–C) groups is 1. The first-order valence-corrected chi connectivity index (χ1v) is 11.3. The van der Waals surface area contributed by atoms with Crippen molar-refractivity contribution < 1.29 is 4.74 Å². The highest BCUT2D eigenvalue weighted by molar-refractivity contribution is 5.91. The van der Waals surface area contributed by atoms with Gasteiger partial charge in [-0.25, -0.2) is 0 Å². The molecule has 33 heavy (non-hydrogen) atoms. The number of ether oxygens (including phenoxy) is 1. The Morgan fingerprint density at radius 2 is 2.03 bits per heavy atom. The van der Waals surface area contributed by atoms with Gasteiger partial charge in [-0.05, 0) is 42.7 Å². The van der Waals surface area contributed by atoms with E-state index in [9.17, 15) is 4.79 Å². The lowest BCUT2D eigenvalue weighted by molar-refractivity contribution is 0.305. The van der Waals surface area contributed by atoms with Gasteiger partial charge in [0.25, 0.3) is 5.56 Å². The van der Waals surface area contributed by atoms with Crippen LogP contribution in [0.4, 0.5) is 5.69 Å². The van der Waals surface area contributed by atoms with Gasteiger partial charge in [0.15, 0.2) is 0 Å². The van der Waals surface area contributed by atoms with Gasteiger partial charge in [0.2, 0.25) is 0 Å². The van der Waals surface area contributed by atoms with E-state index in [-0.39, 0.29) is 5.56 Å². The van der Waals surface area contributed by atoms with E-state index in [1.54, 1.807) is 16.8 Å². The van der Waals surface area contributed by atoms with E-state index in [0.717, 1.165) is 35.7 Å². The van der Waals surface area contributed by atoms with Crippen LogP contribution in [0.1, 0.15) is 24.0 Å². The van der Waals surface area contributed by atoms with E-state index in [4.69, 9.17) is 10.1 Å². The molecule has 0 amide bonds. The van der Waals surface area contributed by atoms with Crippen LogP contribution in [-0.2, 0) is 6.61 Å². The third kappa shape index (κ3) is 4.53. The fraction of sp³-hybridized carbons (Fsp3) is 0.269. The molecule has 0 bridgehead atoms. The second-order valence-corrected chi connectivity index (χ2v) is 8.36. The number of benzene rings is 2. The second-order valence-electron chi connectivity index (χ2n) is 8.36. The number of amidine groups is 1. The Bertz CT molecular complexity index is 1230. The van der Waals surface area contributed by atoms with Crippen LogP contribution in [0.15, 0.2) is 76.6 Å². The van der Waals surface area contributed by atoms with Gasteiger partial charge in [0, 0.05) is 48.0 Å². The molecule has 1 aromatic heterocycles. The minimum atomic E-state index is -0.183. The molecule has 0 unspecified atom stereocenters. The SMILES string of the molecule is N=Cc1cc(-n2ccc(OCc3ccccc3)cc2=O)ccc1NCC1=NC[C@@H]2CCCN12. The average molecular weight is 442 g/mol. The molecule has 7 heteroatoms. The number of rotatable bonds is 8. The number of aromatic nitrogens is 1. The van der Waals surface area contributed by atoms with Gasteiger partial charge in [-0.3, -0.25) is 14.4 Å². The molecular weight excluding hydrogens is 414 g/mol. The number of hydrogen-bond acceptors (Lipinski definition) is 6. The van der Waals surface area contributed by atoms with E-state index in [2.05, 4.69) is 15.2 Å². The highest BCUT2D eigenvalue weighted by Crippen LogP contribution is 2.24. The molecule has 3 heterocycles. The van der Waals surface area contributed by atoms with Gasteiger partial charge in [0.1, 0.15) is 18.2 Å². The summed E-state index contributed by atoms with van der Waals surface area (Å²) in [6.45, 7) is 3.02. The Balaban J connectivity index is 1.28. The third-order valence-electron chi connectivity index (χ3n) is 6.24. The summed E-state index contributed by atoms with van der Waals surface area (Å²) < 4.78 is 7.32. The molecule has 2 aromatic carbocycles. The fourth-order valence-electron chi connectivity index (χ4n) is 4.48. The molecular formula is C26H27N5O2. The maximum atomic E-state index is 12.7. The second kappa shape index (κ2) is 9.32. The molecule has 7 nitrogen and oxygen atoms in total. The summed E-state index contributed by atoms with van der Waals surface area (Å²) in [7, 11) is 0. The van der Waals surface area contributed by atoms with Gasteiger partial charge >= 0.3 is 0 Å². The highest BCUT2D eigenvalue weighted by Gasteiger charge is 2.31. The lowest BCUT2D eigenvalue weighted by atomic mass is 10.1. The molecule has 1 atom stereocenters. The largest absolute Gasteiger partial charge is 0.489 e. The highest BCUT2D eigenvalue weighted by atomic mass is 16.5. The van der Waals surface area contributed by atoms with Crippen LogP contribution in [0.2, 0.25) is 0 Å². The molecule has 0 radical (unpaired) electrons. The van der Waals surface area contributed by atoms with Crippen molar-refractivity contribution in [2.24, 2.45) is 4.99 Å². The smallest absolute Gasteiger partial charge is 0.258 e. The van der Waals surface area contributed by atoms with Gasteiger partial charge in [-0.2, -0.15) is 0 Å². The standard InChI is InChI=1S/C26H27N5O2/c27-15-20-13-21(8-9-24(20)28-17-25-29-16-22-7-4-11-30(22)25)31-12-10-23(14-26(31)32)33-18-19-5-2-1-3-6-19/h1-3,5-6,8-10,12-15,22,27-28H,4,7,11,16-18H2/t22-/m0/s1.